The zero-order valence-corrected chi connectivity index (χ0v) is 12.0. The molecule has 0 aromatic carbocycles. The Morgan fingerprint density at radius 3 is 2.84 bits per heavy atom. The van der Waals surface area contributed by atoms with E-state index in [2.05, 4.69) is 28.9 Å². The molecule has 1 aromatic heterocycles. The van der Waals surface area contributed by atoms with Gasteiger partial charge in [-0.25, -0.2) is 4.79 Å². The van der Waals surface area contributed by atoms with Gasteiger partial charge in [0.1, 0.15) is 5.69 Å². The summed E-state index contributed by atoms with van der Waals surface area (Å²) < 4.78 is 4.68. The van der Waals surface area contributed by atoms with Crippen LogP contribution in [-0.4, -0.2) is 24.1 Å². The molecule has 1 aromatic rings. The van der Waals surface area contributed by atoms with Crippen molar-refractivity contribution in [1.29, 1.82) is 0 Å². The van der Waals surface area contributed by atoms with Crippen LogP contribution in [-0.2, 0) is 11.3 Å². The lowest BCUT2D eigenvalue weighted by Crippen LogP contribution is -2.35. The van der Waals surface area contributed by atoms with Crippen molar-refractivity contribution in [1.82, 2.24) is 10.3 Å². The number of aromatic amines is 1. The molecule has 3 atom stereocenters. The summed E-state index contributed by atoms with van der Waals surface area (Å²) in [7, 11) is 1.39. The van der Waals surface area contributed by atoms with Crippen molar-refractivity contribution < 1.29 is 9.53 Å². The molecule has 1 fully saturated rings. The lowest BCUT2D eigenvalue weighted by atomic mass is 9.79. The third-order valence-electron chi connectivity index (χ3n) is 4.33. The Bertz CT molecular complexity index is 428. The van der Waals surface area contributed by atoms with E-state index >= 15 is 0 Å². The van der Waals surface area contributed by atoms with Gasteiger partial charge in [-0.15, -0.1) is 0 Å². The van der Waals surface area contributed by atoms with Crippen molar-refractivity contribution >= 4 is 5.97 Å². The molecule has 0 aliphatic heterocycles. The van der Waals surface area contributed by atoms with E-state index in [-0.39, 0.29) is 5.97 Å². The van der Waals surface area contributed by atoms with Crippen LogP contribution < -0.4 is 5.32 Å². The molecule has 0 saturated heterocycles. The average molecular weight is 264 g/mol. The molecule has 2 rings (SSSR count). The van der Waals surface area contributed by atoms with E-state index in [9.17, 15) is 4.79 Å². The van der Waals surface area contributed by atoms with Crippen molar-refractivity contribution in [3.63, 3.8) is 0 Å². The number of H-pyrrole nitrogens is 1. The largest absolute Gasteiger partial charge is 0.464 e. The smallest absolute Gasteiger partial charge is 0.354 e. The van der Waals surface area contributed by atoms with Crippen molar-refractivity contribution in [3.8, 4) is 0 Å². The highest BCUT2D eigenvalue weighted by molar-refractivity contribution is 5.87. The third-order valence-corrected chi connectivity index (χ3v) is 4.33. The maximum absolute atomic E-state index is 11.3. The minimum Gasteiger partial charge on any atom is -0.464 e. The van der Waals surface area contributed by atoms with Gasteiger partial charge >= 0.3 is 5.97 Å². The predicted octanol–water partition coefficient (Wildman–Crippen LogP) is 2.72. The topological polar surface area (TPSA) is 54.1 Å². The van der Waals surface area contributed by atoms with Gasteiger partial charge < -0.3 is 15.0 Å². The fourth-order valence-electron chi connectivity index (χ4n) is 2.76. The summed E-state index contributed by atoms with van der Waals surface area (Å²) in [5.74, 6) is 1.32. The van der Waals surface area contributed by atoms with E-state index in [4.69, 9.17) is 0 Å². The SMILES string of the molecule is COC(=O)c1ccc(CNC2CCC(C)C(C)C2)[nH]1. The normalized spacial score (nSPS) is 27.2. The first kappa shape index (κ1) is 14.1. The summed E-state index contributed by atoms with van der Waals surface area (Å²) >= 11 is 0. The zero-order valence-electron chi connectivity index (χ0n) is 12.0. The number of carbonyl (C=O) groups is 1. The molecule has 1 aliphatic rings. The molecule has 0 spiro atoms. The first-order valence-electron chi connectivity index (χ1n) is 7.09. The van der Waals surface area contributed by atoms with Crippen LogP contribution in [0.15, 0.2) is 12.1 Å². The summed E-state index contributed by atoms with van der Waals surface area (Å²) in [4.78, 5) is 14.4. The number of rotatable bonds is 4. The van der Waals surface area contributed by atoms with E-state index in [1.807, 2.05) is 6.07 Å². The highest BCUT2D eigenvalue weighted by Gasteiger charge is 2.24. The average Bonchev–Trinajstić information content (AvgIpc) is 2.88. The zero-order chi connectivity index (χ0) is 13.8. The number of hydrogen-bond donors (Lipinski definition) is 2. The fourth-order valence-corrected chi connectivity index (χ4v) is 2.76. The van der Waals surface area contributed by atoms with Crippen LogP contribution in [0.25, 0.3) is 0 Å². The lowest BCUT2D eigenvalue weighted by Gasteiger charge is -2.32. The van der Waals surface area contributed by atoms with Gasteiger partial charge in [-0.2, -0.15) is 0 Å². The number of nitrogens with one attached hydrogen (secondary N) is 2. The molecule has 1 saturated carbocycles. The standard InChI is InChI=1S/C15H24N2O2/c1-10-4-5-12(8-11(10)2)16-9-13-6-7-14(17-13)15(18)19-3/h6-7,10-12,16-17H,4-5,8-9H2,1-3H3. The molecule has 2 N–H and O–H groups in total. The molecule has 1 aliphatic carbocycles. The Kier molecular flexibility index (Phi) is 4.64. The van der Waals surface area contributed by atoms with E-state index in [0.29, 0.717) is 11.7 Å². The second-order valence-corrected chi connectivity index (χ2v) is 5.73. The molecule has 4 nitrogen and oxygen atoms in total. The summed E-state index contributed by atoms with van der Waals surface area (Å²) in [6.07, 6.45) is 3.79. The minimum atomic E-state index is -0.314. The van der Waals surface area contributed by atoms with Crippen LogP contribution in [0.5, 0.6) is 0 Å². The maximum Gasteiger partial charge on any atom is 0.354 e. The van der Waals surface area contributed by atoms with Gasteiger partial charge in [-0.05, 0) is 43.2 Å². The third kappa shape index (κ3) is 3.60. The molecule has 19 heavy (non-hydrogen) atoms. The van der Waals surface area contributed by atoms with E-state index in [1.54, 1.807) is 6.07 Å². The van der Waals surface area contributed by atoms with Crippen molar-refractivity contribution in [3.05, 3.63) is 23.5 Å². The van der Waals surface area contributed by atoms with Crippen LogP contribution in [0.2, 0.25) is 0 Å². The molecule has 0 radical (unpaired) electrons. The number of methoxy groups -OCH3 is 1. The number of aromatic nitrogens is 1. The van der Waals surface area contributed by atoms with E-state index in [0.717, 1.165) is 24.1 Å². The Morgan fingerprint density at radius 1 is 1.37 bits per heavy atom. The van der Waals surface area contributed by atoms with Crippen LogP contribution in [0.3, 0.4) is 0 Å². The highest BCUT2D eigenvalue weighted by Crippen LogP contribution is 2.29. The molecule has 0 amide bonds. The van der Waals surface area contributed by atoms with Gasteiger partial charge in [0.15, 0.2) is 0 Å². The van der Waals surface area contributed by atoms with Gasteiger partial charge in [-0.3, -0.25) is 0 Å². The quantitative estimate of drug-likeness (QED) is 0.822. The van der Waals surface area contributed by atoms with E-state index < -0.39 is 0 Å². The Labute approximate surface area is 114 Å². The Morgan fingerprint density at radius 2 is 2.16 bits per heavy atom. The van der Waals surface area contributed by atoms with Gasteiger partial charge in [0, 0.05) is 18.3 Å². The molecular weight excluding hydrogens is 240 g/mol. The fraction of sp³-hybridized carbons (Fsp3) is 0.667. The first-order valence-corrected chi connectivity index (χ1v) is 7.09. The lowest BCUT2D eigenvalue weighted by molar-refractivity contribution is 0.0594. The highest BCUT2D eigenvalue weighted by atomic mass is 16.5. The van der Waals surface area contributed by atoms with Crippen LogP contribution in [0, 0.1) is 11.8 Å². The van der Waals surface area contributed by atoms with Crippen LogP contribution in [0.1, 0.15) is 49.3 Å². The Balaban J connectivity index is 1.82. The summed E-state index contributed by atoms with van der Waals surface area (Å²) in [5, 5.41) is 3.58. The molecule has 106 valence electrons. The number of ether oxygens (including phenoxy) is 1. The van der Waals surface area contributed by atoms with Gasteiger partial charge in [0.05, 0.1) is 7.11 Å². The second-order valence-electron chi connectivity index (χ2n) is 5.73. The number of esters is 1. The maximum atomic E-state index is 11.3. The van der Waals surface area contributed by atoms with Crippen LogP contribution >= 0.6 is 0 Å². The second kappa shape index (κ2) is 6.24. The summed E-state index contributed by atoms with van der Waals surface area (Å²) in [6.45, 7) is 5.46. The minimum absolute atomic E-state index is 0.314. The summed E-state index contributed by atoms with van der Waals surface area (Å²) in [5.41, 5.74) is 1.55. The monoisotopic (exact) mass is 264 g/mol. The van der Waals surface area contributed by atoms with Gasteiger partial charge in [0.2, 0.25) is 0 Å². The first-order chi connectivity index (χ1) is 9.10. The molecule has 4 heteroatoms. The predicted molar refractivity (Wildman–Crippen MR) is 74.9 cm³/mol. The van der Waals surface area contributed by atoms with E-state index in [1.165, 1.54) is 26.4 Å². The number of carbonyl (C=O) groups excluding carboxylic acids is 1. The van der Waals surface area contributed by atoms with Gasteiger partial charge in [0.25, 0.3) is 0 Å². The van der Waals surface area contributed by atoms with Crippen LogP contribution in [0.4, 0.5) is 0 Å². The van der Waals surface area contributed by atoms with Crippen molar-refractivity contribution in [2.45, 2.75) is 45.7 Å². The molecular formula is C15H24N2O2. The summed E-state index contributed by atoms with van der Waals surface area (Å²) in [6, 6.07) is 4.30. The molecule has 3 unspecified atom stereocenters. The molecule has 0 bridgehead atoms. The van der Waals surface area contributed by atoms with Gasteiger partial charge in [-0.1, -0.05) is 13.8 Å². The Hall–Kier alpha value is -1.29. The molecule has 1 heterocycles. The van der Waals surface area contributed by atoms with Crippen molar-refractivity contribution in [2.75, 3.05) is 7.11 Å². The van der Waals surface area contributed by atoms with Crippen molar-refractivity contribution in [2.24, 2.45) is 11.8 Å². The number of hydrogen-bond acceptors (Lipinski definition) is 3.